The molecule has 0 aromatic heterocycles. The second-order valence-electron chi connectivity index (χ2n) is 3.42. The first kappa shape index (κ1) is 10.9. The molecule has 1 aliphatic heterocycles. The first-order valence-corrected chi connectivity index (χ1v) is 6.12. The van der Waals surface area contributed by atoms with Crippen LogP contribution in [0.3, 0.4) is 0 Å². The largest absolute Gasteiger partial charge is 0.390 e. The fraction of sp³-hybridized carbons (Fsp3) is 1.00. The van der Waals surface area contributed by atoms with Crippen LogP contribution in [-0.4, -0.2) is 55.3 Å². The zero-order valence-electron chi connectivity index (χ0n) is 7.68. The molecule has 1 fully saturated rings. The lowest BCUT2D eigenvalue weighted by molar-refractivity contribution is 0.0692. The Bertz CT molecular complexity index is 249. The van der Waals surface area contributed by atoms with E-state index in [1.807, 2.05) is 0 Å². The lowest BCUT2D eigenvalue weighted by Gasteiger charge is -2.33. The highest BCUT2D eigenvalue weighted by molar-refractivity contribution is 7.91. The average molecular weight is 208 g/mol. The predicted octanol–water partition coefficient (Wildman–Crippen LogP) is -1.62. The van der Waals surface area contributed by atoms with E-state index < -0.39 is 22.1 Å². The van der Waals surface area contributed by atoms with Crippen LogP contribution in [0.1, 0.15) is 6.92 Å². The second-order valence-corrected chi connectivity index (χ2v) is 5.72. The Morgan fingerprint density at radius 3 is 2.23 bits per heavy atom. The van der Waals surface area contributed by atoms with Gasteiger partial charge in [0, 0.05) is 13.1 Å². The van der Waals surface area contributed by atoms with Crippen LogP contribution >= 0.6 is 0 Å². The summed E-state index contributed by atoms with van der Waals surface area (Å²) in [5.74, 6) is 0.292. The maximum atomic E-state index is 11.1. The van der Waals surface area contributed by atoms with Crippen molar-refractivity contribution in [1.29, 1.82) is 0 Å². The Labute approximate surface area is 78.4 Å². The summed E-state index contributed by atoms with van der Waals surface area (Å²) in [7, 11) is -2.85. The van der Waals surface area contributed by atoms with E-state index in [2.05, 4.69) is 0 Å². The van der Waals surface area contributed by atoms with Crippen molar-refractivity contribution >= 4 is 9.84 Å². The predicted molar refractivity (Wildman–Crippen MR) is 49.9 cm³/mol. The molecule has 0 aromatic rings. The lowest BCUT2D eigenvalue weighted by Crippen LogP contribution is -2.54. The Morgan fingerprint density at radius 2 is 1.85 bits per heavy atom. The van der Waals surface area contributed by atoms with Gasteiger partial charge in [-0.05, 0) is 6.92 Å². The van der Waals surface area contributed by atoms with E-state index in [-0.39, 0.29) is 11.5 Å². The van der Waals surface area contributed by atoms with Crippen molar-refractivity contribution in [2.45, 2.75) is 19.2 Å². The molecular weight excluding hydrogens is 192 g/mol. The van der Waals surface area contributed by atoms with Gasteiger partial charge in [-0.1, -0.05) is 0 Å². The minimum absolute atomic E-state index is 0.146. The summed E-state index contributed by atoms with van der Waals surface area (Å²) in [6.45, 7) is 2.45. The van der Waals surface area contributed by atoms with Crippen LogP contribution in [0.15, 0.2) is 0 Å². The summed E-state index contributed by atoms with van der Waals surface area (Å²) in [6.07, 6.45) is -1.07. The highest BCUT2D eigenvalue weighted by atomic mass is 32.2. The van der Waals surface area contributed by atoms with Gasteiger partial charge in [-0.2, -0.15) is 0 Å². The lowest BCUT2D eigenvalue weighted by atomic mass is 10.3. The number of nitrogens with zero attached hydrogens (tertiary/aromatic N) is 1. The molecule has 1 saturated heterocycles. The average Bonchev–Trinajstić information content (AvgIpc) is 2.03. The SMILES string of the molecule is CC(O)C(N)N1CCS(=O)(=O)CC1. The smallest absolute Gasteiger partial charge is 0.152 e. The van der Waals surface area contributed by atoms with Gasteiger partial charge in [0.25, 0.3) is 0 Å². The molecule has 1 heterocycles. The molecule has 0 aromatic carbocycles. The van der Waals surface area contributed by atoms with E-state index in [1.54, 1.807) is 11.8 Å². The van der Waals surface area contributed by atoms with Crippen molar-refractivity contribution in [3.63, 3.8) is 0 Å². The van der Waals surface area contributed by atoms with Crippen LogP contribution in [0.4, 0.5) is 0 Å². The molecule has 13 heavy (non-hydrogen) atoms. The zero-order valence-corrected chi connectivity index (χ0v) is 8.50. The molecular formula is C7H16N2O3S. The van der Waals surface area contributed by atoms with Crippen LogP contribution < -0.4 is 5.73 Å². The van der Waals surface area contributed by atoms with Crippen molar-refractivity contribution < 1.29 is 13.5 Å². The molecule has 6 heteroatoms. The molecule has 0 radical (unpaired) electrons. The third-order valence-corrected chi connectivity index (χ3v) is 3.90. The number of hydrogen-bond acceptors (Lipinski definition) is 5. The number of aliphatic hydroxyl groups is 1. The van der Waals surface area contributed by atoms with E-state index in [0.29, 0.717) is 13.1 Å². The number of aliphatic hydroxyl groups excluding tert-OH is 1. The standard InChI is InChI=1S/C7H16N2O3S/c1-6(10)7(8)9-2-4-13(11,12)5-3-9/h6-7,10H,2-5,8H2,1H3. The van der Waals surface area contributed by atoms with Gasteiger partial charge in [-0.15, -0.1) is 0 Å². The van der Waals surface area contributed by atoms with Gasteiger partial charge in [0.1, 0.15) is 0 Å². The summed E-state index contributed by atoms with van der Waals surface area (Å²) in [6, 6.07) is 0. The monoisotopic (exact) mass is 208 g/mol. The molecule has 0 bridgehead atoms. The Kier molecular flexibility index (Phi) is 3.28. The first-order valence-electron chi connectivity index (χ1n) is 4.30. The van der Waals surface area contributed by atoms with Crippen molar-refractivity contribution in [1.82, 2.24) is 4.90 Å². The summed E-state index contributed by atoms with van der Waals surface area (Å²) >= 11 is 0. The number of nitrogens with two attached hydrogens (primary N) is 1. The molecule has 0 aliphatic carbocycles. The van der Waals surface area contributed by atoms with Crippen LogP contribution in [0.2, 0.25) is 0 Å². The molecule has 2 unspecified atom stereocenters. The van der Waals surface area contributed by atoms with Crippen LogP contribution in [0, 0.1) is 0 Å². The Balaban J connectivity index is 2.50. The van der Waals surface area contributed by atoms with Crippen molar-refractivity contribution in [3.05, 3.63) is 0 Å². The van der Waals surface area contributed by atoms with E-state index in [9.17, 15) is 13.5 Å². The summed E-state index contributed by atoms with van der Waals surface area (Å²) in [4.78, 5) is 1.80. The van der Waals surface area contributed by atoms with Gasteiger partial charge < -0.3 is 10.8 Å². The van der Waals surface area contributed by atoms with E-state index in [1.165, 1.54) is 0 Å². The molecule has 3 N–H and O–H groups in total. The van der Waals surface area contributed by atoms with E-state index in [0.717, 1.165) is 0 Å². The summed E-state index contributed by atoms with van der Waals surface area (Å²) in [5.41, 5.74) is 5.66. The molecule has 2 atom stereocenters. The number of rotatable bonds is 2. The molecule has 0 spiro atoms. The minimum Gasteiger partial charge on any atom is -0.390 e. The van der Waals surface area contributed by atoms with E-state index in [4.69, 9.17) is 5.73 Å². The van der Waals surface area contributed by atoms with Gasteiger partial charge in [0.05, 0.1) is 23.8 Å². The normalized spacial score (nSPS) is 28.2. The summed E-state index contributed by atoms with van der Waals surface area (Å²) in [5, 5.41) is 9.19. The molecule has 78 valence electrons. The first-order chi connectivity index (χ1) is 5.92. The fourth-order valence-corrected chi connectivity index (χ4v) is 2.56. The molecule has 5 nitrogen and oxygen atoms in total. The van der Waals surface area contributed by atoms with Crippen LogP contribution in [-0.2, 0) is 9.84 Å². The molecule has 1 aliphatic rings. The second kappa shape index (κ2) is 3.91. The maximum absolute atomic E-state index is 11.1. The fourth-order valence-electron chi connectivity index (χ4n) is 1.33. The third kappa shape index (κ3) is 2.91. The number of sulfone groups is 1. The van der Waals surface area contributed by atoms with Crippen LogP contribution in [0.25, 0.3) is 0 Å². The Hall–Kier alpha value is -0.170. The molecule has 0 amide bonds. The maximum Gasteiger partial charge on any atom is 0.152 e. The number of hydrogen-bond donors (Lipinski definition) is 2. The topological polar surface area (TPSA) is 83.6 Å². The highest BCUT2D eigenvalue weighted by Gasteiger charge is 2.26. The van der Waals surface area contributed by atoms with Gasteiger partial charge in [0.15, 0.2) is 9.84 Å². The third-order valence-electron chi connectivity index (χ3n) is 2.29. The highest BCUT2D eigenvalue weighted by Crippen LogP contribution is 2.07. The van der Waals surface area contributed by atoms with Crippen molar-refractivity contribution in [3.8, 4) is 0 Å². The van der Waals surface area contributed by atoms with Crippen molar-refractivity contribution in [2.75, 3.05) is 24.6 Å². The molecule has 0 saturated carbocycles. The zero-order chi connectivity index (χ0) is 10.1. The quantitative estimate of drug-likeness (QED) is 0.570. The summed E-state index contributed by atoms with van der Waals surface area (Å²) < 4.78 is 22.1. The van der Waals surface area contributed by atoms with Gasteiger partial charge >= 0.3 is 0 Å². The van der Waals surface area contributed by atoms with Gasteiger partial charge in [-0.3, -0.25) is 4.90 Å². The van der Waals surface area contributed by atoms with Gasteiger partial charge in [0.2, 0.25) is 0 Å². The molecule has 1 rings (SSSR count). The Morgan fingerprint density at radius 1 is 1.38 bits per heavy atom. The van der Waals surface area contributed by atoms with Crippen LogP contribution in [0.5, 0.6) is 0 Å². The van der Waals surface area contributed by atoms with E-state index >= 15 is 0 Å². The van der Waals surface area contributed by atoms with Crippen molar-refractivity contribution in [2.24, 2.45) is 5.73 Å². The minimum atomic E-state index is -2.85. The van der Waals surface area contributed by atoms with Gasteiger partial charge in [-0.25, -0.2) is 8.42 Å².